The lowest BCUT2D eigenvalue weighted by molar-refractivity contribution is -0.178. The second-order valence-electron chi connectivity index (χ2n) is 15.2. The van der Waals surface area contributed by atoms with E-state index in [2.05, 4.69) is 6.92 Å². The molecule has 1 N–H and O–H groups in total. The van der Waals surface area contributed by atoms with E-state index in [0.717, 1.165) is 31.1 Å². The van der Waals surface area contributed by atoms with Gasteiger partial charge in [-0.05, 0) is 133 Å². The van der Waals surface area contributed by atoms with Gasteiger partial charge in [-0.25, -0.2) is 0 Å². The highest BCUT2D eigenvalue weighted by Crippen LogP contribution is 2.61. The smallest absolute Gasteiger partial charge is 0.320 e. The zero-order valence-electron chi connectivity index (χ0n) is 24.4. The summed E-state index contributed by atoms with van der Waals surface area (Å²) >= 11 is 0. The summed E-state index contributed by atoms with van der Waals surface area (Å²) in [4.78, 5) is 38.8. The average molecular weight is 545 g/mol. The fourth-order valence-electron chi connectivity index (χ4n) is 10.5. The quantitative estimate of drug-likeness (QED) is 0.263. The van der Waals surface area contributed by atoms with Crippen molar-refractivity contribution in [3.05, 3.63) is 0 Å². The van der Waals surface area contributed by atoms with Crippen LogP contribution < -0.4 is 0 Å². The number of rotatable bonds is 8. The fourth-order valence-corrected chi connectivity index (χ4v) is 10.5. The molecule has 6 bridgehead atoms. The van der Waals surface area contributed by atoms with Gasteiger partial charge in [0.2, 0.25) is 0 Å². The number of hydrogen-bond donors (Lipinski definition) is 1. The molecule has 0 aromatic heterocycles. The number of esters is 3. The van der Waals surface area contributed by atoms with Gasteiger partial charge >= 0.3 is 17.9 Å². The van der Waals surface area contributed by atoms with Gasteiger partial charge < -0.3 is 19.3 Å². The first-order chi connectivity index (χ1) is 18.4. The maximum absolute atomic E-state index is 13.0. The molecule has 7 nitrogen and oxygen atoms in total. The third-order valence-electron chi connectivity index (χ3n) is 11.9. The second kappa shape index (κ2) is 9.82. The lowest BCUT2D eigenvalue weighted by atomic mass is 9.49. The van der Waals surface area contributed by atoms with Crippen LogP contribution in [0.25, 0.3) is 0 Å². The van der Waals surface area contributed by atoms with Crippen molar-refractivity contribution in [2.45, 2.75) is 110 Å². The summed E-state index contributed by atoms with van der Waals surface area (Å²) in [7, 11) is 0. The number of hydrogen-bond acceptors (Lipinski definition) is 7. The number of carbonyl (C=O) groups is 3. The molecule has 218 valence electrons. The molecule has 8 atom stereocenters. The first kappa shape index (κ1) is 27.7. The molecule has 6 aliphatic carbocycles. The Morgan fingerprint density at radius 2 is 1.67 bits per heavy atom. The minimum absolute atomic E-state index is 0.0115. The Hall–Kier alpha value is -1.47. The third kappa shape index (κ3) is 4.77. The Labute approximate surface area is 233 Å². The molecule has 0 aromatic rings. The van der Waals surface area contributed by atoms with Gasteiger partial charge in [-0.1, -0.05) is 6.92 Å². The van der Waals surface area contributed by atoms with Crippen molar-refractivity contribution in [2.75, 3.05) is 6.61 Å². The van der Waals surface area contributed by atoms with E-state index in [1.165, 1.54) is 32.1 Å². The molecule has 0 radical (unpaired) electrons. The van der Waals surface area contributed by atoms with Crippen LogP contribution in [0.4, 0.5) is 0 Å². The molecule has 1 aliphatic heterocycles. The SMILES string of the molecule is CC(OCCCC1(O)C2CC3CC(C2)CC1C3)C1C(=O)OC(=O)C1C1C2CC(C(=O)OC(C)(C)C)C(C2)C1C. The van der Waals surface area contributed by atoms with Crippen LogP contribution in [-0.2, 0) is 28.6 Å². The first-order valence-corrected chi connectivity index (χ1v) is 15.7. The zero-order valence-corrected chi connectivity index (χ0v) is 24.4. The molecule has 7 rings (SSSR count). The molecule has 6 saturated carbocycles. The van der Waals surface area contributed by atoms with E-state index in [1.54, 1.807) is 0 Å². The van der Waals surface area contributed by atoms with Crippen molar-refractivity contribution in [3.8, 4) is 0 Å². The second-order valence-corrected chi connectivity index (χ2v) is 15.2. The van der Waals surface area contributed by atoms with Gasteiger partial charge in [0.1, 0.15) is 5.60 Å². The van der Waals surface area contributed by atoms with E-state index in [4.69, 9.17) is 14.2 Å². The van der Waals surface area contributed by atoms with Crippen molar-refractivity contribution in [1.82, 2.24) is 0 Å². The van der Waals surface area contributed by atoms with E-state index in [1.807, 2.05) is 27.7 Å². The van der Waals surface area contributed by atoms with Crippen LogP contribution >= 0.6 is 0 Å². The van der Waals surface area contributed by atoms with Crippen molar-refractivity contribution in [2.24, 2.45) is 65.1 Å². The average Bonchev–Trinajstić information content (AvgIpc) is 3.49. The van der Waals surface area contributed by atoms with E-state index in [0.29, 0.717) is 24.9 Å². The summed E-state index contributed by atoms with van der Waals surface area (Å²) < 4.78 is 17.1. The standard InChI is InChI=1S/C32H48O7/c1-16-23-14-20(15-24(23)28(33)39-31(3,4)5)25(16)27-26(29(34)38-30(27)35)17(2)37-8-6-7-32(36)21-10-18-9-19(12-21)13-22(32)11-18/h16-27,36H,6-15H2,1-5H3. The highest BCUT2D eigenvalue weighted by atomic mass is 16.6. The van der Waals surface area contributed by atoms with E-state index in [9.17, 15) is 19.5 Å². The molecule has 0 aromatic carbocycles. The maximum Gasteiger partial charge on any atom is 0.320 e. The van der Waals surface area contributed by atoms with Gasteiger partial charge in [-0.2, -0.15) is 0 Å². The Balaban J connectivity index is 1.06. The van der Waals surface area contributed by atoms with Crippen molar-refractivity contribution < 1.29 is 33.7 Å². The summed E-state index contributed by atoms with van der Waals surface area (Å²) in [6.07, 6.45) is 8.73. The van der Waals surface area contributed by atoms with Crippen molar-refractivity contribution in [3.63, 3.8) is 0 Å². The van der Waals surface area contributed by atoms with Gasteiger partial charge in [0.05, 0.1) is 29.5 Å². The van der Waals surface area contributed by atoms with Gasteiger partial charge in [0, 0.05) is 6.61 Å². The minimum atomic E-state index is -0.617. The molecule has 7 heteroatoms. The largest absolute Gasteiger partial charge is 0.460 e. The highest BCUT2D eigenvalue weighted by Gasteiger charge is 2.62. The normalized spacial score (nSPS) is 47.1. The lowest BCUT2D eigenvalue weighted by Crippen LogP contribution is -2.57. The molecular formula is C32H48O7. The summed E-state index contributed by atoms with van der Waals surface area (Å²) in [6.45, 7) is 10.1. The fraction of sp³-hybridized carbons (Fsp3) is 0.906. The van der Waals surface area contributed by atoms with Crippen LogP contribution in [0.15, 0.2) is 0 Å². The van der Waals surface area contributed by atoms with Crippen LogP contribution in [-0.4, -0.2) is 46.9 Å². The number of fused-ring (bicyclic) bond motifs is 2. The molecule has 1 heterocycles. The molecule has 0 amide bonds. The van der Waals surface area contributed by atoms with Crippen LogP contribution in [0.5, 0.6) is 0 Å². The van der Waals surface area contributed by atoms with Crippen LogP contribution in [0.2, 0.25) is 0 Å². The third-order valence-corrected chi connectivity index (χ3v) is 11.9. The molecular weight excluding hydrogens is 496 g/mol. The summed E-state index contributed by atoms with van der Waals surface area (Å²) in [5, 5.41) is 11.6. The number of cyclic esters (lactones) is 2. The topological polar surface area (TPSA) is 99.1 Å². The minimum Gasteiger partial charge on any atom is -0.460 e. The first-order valence-electron chi connectivity index (χ1n) is 15.7. The van der Waals surface area contributed by atoms with Crippen molar-refractivity contribution >= 4 is 17.9 Å². The number of aliphatic hydroxyl groups is 1. The molecule has 39 heavy (non-hydrogen) atoms. The lowest BCUT2D eigenvalue weighted by Gasteiger charge is -2.59. The van der Waals surface area contributed by atoms with Crippen LogP contribution in [0.1, 0.15) is 92.4 Å². The summed E-state index contributed by atoms with van der Waals surface area (Å²) in [5.41, 5.74) is -1.08. The molecule has 7 fully saturated rings. The van der Waals surface area contributed by atoms with Gasteiger partial charge in [0.25, 0.3) is 0 Å². The van der Waals surface area contributed by atoms with Crippen LogP contribution in [0, 0.1) is 65.1 Å². The Morgan fingerprint density at radius 3 is 2.26 bits per heavy atom. The predicted molar refractivity (Wildman–Crippen MR) is 143 cm³/mol. The highest BCUT2D eigenvalue weighted by molar-refractivity contribution is 5.97. The summed E-state index contributed by atoms with van der Waals surface area (Å²) in [6, 6.07) is 0. The molecule has 1 saturated heterocycles. The summed E-state index contributed by atoms with van der Waals surface area (Å²) in [5.74, 6) is 0.683. The Morgan fingerprint density at radius 1 is 1.03 bits per heavy atom. The van der Waals surface area contributed by atoms with Gasteiger partial charge in [-0.15, -0.1) is 0 Å². The van der Waals surface area contributed by atoms with Crippen LogP contribution in [0.3, 0.4) is 0 Å². The van der Waals surface area contributed by atoms with E-state index in [-0.39, 0.29) is 35.6 Å². The molecule has 0 spiro atoms. The number of ether oxygens (including phenoxy) is 3. The maximum atomic E-state index is 13.0. The van der Waals surface area contributed by atoms with E-state index >= 15 is 0 Å². The molecule has 8 unspecified atom stereocenters. The van der Waals surface area contributed by atoms with Gasteiger partial charge in [0.15, 0.2) is 0 Å². The van der Waals surface area contributed by atoms with E-state index < -0.39 is 41.1 Å². The Bertz CT molecular complexity index is 967. The van der Waals surface area contributed by atoms with Gasteiger partial charge in [-0.3, -0.25) is 14.4 Å². The number of carbonyl (C=O) groups excluding carboxylic acids is 3. The molecule has 7 aliphatic rings. The van der Waals surface area contributed by atoms with Crippen molar-refractivity contribution in [1.29, 1.82) is 0 Å². The Kier molecular flexibility index (Phi) is 6.97. The predicted octanol–water partition coefficient (Wildman–Crippen LogP) is 4.92. The monoisotopic (exact) mass is 544 g/mol. The zero-order chi connectivity index (χ0) is 27.9.